The number of nitrogens with two attached hydrogens (primary N) is 1. The van der Waals surface area contributed by atoms with E-state index in [1.54, 1.807) is 24.3 Å². The lowest BCUT2D eigenvalue weighted by Gasteiger charge is -2.18. The van der Waals surface area contributed by atoms with Gasteiger partial charge in [-0.3, -0.25) is 15.0 Å². The number of hydrazine groups is 1. The van der Waals surface area contributed by atoms with E-state index in [4.69, 9.17) is 10.6 Å². The van der Waals surface area contributed by atoms with E-state index in [-0.39, 0.29) is 6.42 Å². The van der Waals surface area contributed by atoms with Gasteiger partial charge in [0.25, 0.3) is 5.91 Å². The van der Waals surface area contributed by atoms with Gasteiger partial charge in [-0.1, -0.05) is 0 Å². The Morgan fingerprint density at radius 3 is 2.48 bits per heavy atom. The van der Waals surface area contributed by atoms with Gasteiger partial charge in [0.15, 0.2) is 0 Å². The summed E-state index contributed by atoms with van der Waals surface area (Å²) in [5.74, 6) is 3.89. The van der Waals surface area contributed by atoms with Crippen LogP contribution in [0.2, 0.25) is 0 Å². The molecule has 1 rings (SSSR count). The molecule has 0 aliphatic heterocycles. The van der Waals surface area contributed by atoms with E-state index >= 15 is 0 Å². The second-order valence-electron chi connectivity index (χ2n) is 4.22. The van der Waals surface area contributed by atoms with E-state index in [9.17, 15) is 14.4 Å². The van der Waals surface area contributed by atoms with Crippen LogP contribution in [0.15, 0.2) is 24.3 Å². The van der Waals surface area contributed by atoms with Gasteiger partial charge >= 0.3 is 0 Å². The summed E-state index contributed by atoms with van der Waals surface area (Å²) in [6, 6.07) is 6.44. The minimum atomic E-state index is -0.797. The highest BCUT2D eigenvalue weighted by atomic mass is 32.1. The van der Waals surface area contributed by atoms with E-state index in [2.05, 4.69) is 17.9 Å². The Bertz CT molecular complexity index is 507. The van der Waals surface area contributed by atoms with Crippen LogP contribution in [-0.2, 0) is 9.59 Å². The van der Waals surface area contributed by atoms with Crippen LogP contribution in [0.3, 0.4) is 0 Å². The number of aldehydes is 1. The summed E-state index contributed by atoms with van der Waals surface area (Å²) in [6.07, 6.45) is 0.401. The number of hydrogen-bond donors (Lipinski definition) is 4. The van der Waals surface area contributed by atoms with Gasteiger partial charge in [0.2, 0.25) is 5.91 Å². The molecule has 2 atom stereocenters. The van der Waals surface area contributed by atoms with Crippen LogP contribution in [0, 0.1) is 5.92 Å². The van der Waals surface area contributed by atoms with Gasteiger partial charge in [0, 0.05) is 12.0 Å². The molecule has 8 heteroatoms. The minimum absolute atomic E-state index is 0.156. The molecular weight excluding hydrogens is 294 g/mol. The van der Waals surface area contributed by atoms with Gasteiger partial charge in [-0.2, -0.15) is 12.6 Å². The fraction of sp³-hybridized carbons (Fsp3) is 0.308. The van der Waals surface area contributed by atoms with Crippen LogP contribution in [0.4, 0.5) is 0 Å². The third kappa shape index (κ3) is 5.09. The Kier molecular flexibility index (Phi) is 6.70. The third-order valence-electron chi connectivity index (χ3n) is 2.79. The maximum Gasteiger partial charge on any atom is 0.252 e. The molecule has 0 bridgehead atoms. The van der Waals surface area contributed by atoms with Crippen molar-refractivity contribution in [3.8, 4) is 5.75 Å². The molecular formula is C13H17N3O4S. The van der Waals surface area contributed by atoms with E-state index < -0.39 is 23.1 Å². The maximum atomic E-state index is 12.0. The average Bonchev–Trinajstić information content (AvgIpc) is 2.52. The SMILES string of the molecule is COc1ccc(C(=O)NC(S)C(C=O)CC(=O)NN)cc1. The number of nitrogens with one attached hydrogen (secondary N) is 2. The van der Waals surface area contributed by atoms with Crippen LogP contribution in [0.1, 0.15) is 16.8 Å². The second kappa shape index (κ2) is 8.28. The number of rotatable bonds is 7. The number of benzene rings is 1. The van der Waals surface area contributed by atoms with E-state index in [0.29, 0.717) is 17.6 Å². The molecule has 0 aliphatic carbocycles. The molecule has 0 saturated heterocycles. The summed E-state index contributed by atoms with van der Waals surface area (Å²) in [5, 5.41) is 1.75. The Morgan fingerprint density at radius 2 is 2.00 bits per heavy atom. The summed E-state index contributed by atoms with van der Waals surface area (Å²) in [7, 11) is 1.52. The summed E-state index contributed by atoms with van der Waals surface area (Å²) < 4.78 is 4.99. The molecule has 2 amide bonds. The highest BCUT2D eigenvalue weighted by Crippen LogP contribution is 2.14. The van der Waals surface area contributed by atoms with Crippen LogP contribution in [-0.4, -0.2) is 30.6 Å². The molecule has 0 spiro atoms. The van der Waals surface area contributed by atoms with Crippen LogP contribution in [0.25, 0.3) is 0 Å². The number of hydrogen-bond acceptors (Lipinski definition) is 6. The largest absolute Gasteiger partial charge is 0.497 e. The number of carbonyl (C=O) groups excluding carboxylic acids is 3. The maximum absolute atomic E-state index is 12.0. The van der Waals surface area contributed by atoms with Gasteiger partial charge in [0.05, 0.1) is 18.4 Å². The number of ether oxygens (including phenoxy) is 1. The van der Waals surface area contributed by atoms with Crippen LogP contribution >= 0.6 is 12.6 Å². The third-order valence-corrected chi connectivity index (χ3v) is 3.31. The Labute approximate surface area is 127 Å². The summed E-state index contributed by atoms with van der Waals surface area (Å²) >= 11 is 4.14. The van der Waals surface area contributed by atoms with Crippen molar-refractivity contribution in [2.24, 2.45) is 11.8 Å². The molecule has 0 heterocycles. The second-order valence-corrected chi connectivity index (χ2v) is 4.77. The quantitative estimate of drug-likeness (QED) is 0.140. The molecule has 7 nitrogen and oxygen atoms in total. The number of carbonyl (C=O) groups is 3. The molecule has 4 N–H and O–H groups in total. The molecule has 0 saturated carbocycles. The molecule has 114 valence electrons. The van der Waals surface area contributed by atoms with E-state index in [1.165, 1.54) is 7.11 Å². The highest BCUT2D eigenvalue weighted by molar-refractivity contribution is 7.81. The Morgan fingerprint density at radius 1 is 1.38 bits per heavy atom. The zero-order chi connectivity index (χ0) is 15.8. The fourth-order valence-electron chi connectivity index (χ4n) is 1.57. The molecule has 0 aromatic heterocycles. The van der Waals surface area contributed by atoms with Gasteiger partial charge in [-0.25, -0.2) is 5.84 Å². The Hall–Kier alpha value is -2.06. The van der Waals surface area contributed by atoms with Gasteiger partial charge in [-0.15, -0.1) is 0 Å². The number of thiol groups is 1. The van der Waals surface area contributed by atoms with Crippen molar-refractivity contribution < 1.29 is 19.1 Å². The van der Waals surface area contributed by atoms with Gasteiger partial charge in [0.1, 0.15) is 12.0 Å². The predicted octanol–water partition coefficient (Wildman–Crippen LogP) is -0.124. The summed E-state index contributed by atoms with van der Waals surface area (Å²) in [6.45, 7) is 0. The van der Waals surface area contributed by atoms with Crippen molar-refractivity contribution in [2.75, 3.05) is 7.11 Å². The first kappa shape index (κ1) is 17.0. The minimum Gasteiger partial charge on any atom is -0.497 e. The first-order valence-electron chi connectivity index (χ1n) is 6.09. The lowest BCUT2D eigenvalue weighted by Crippen LogP contribution is -2.40. The zero-order valence-corrected chi connectivity index (χ0v) is 12.3. The van der Waals surface area contributed by atoms with Gasteiger partial charge < -0.3 is 14.8 Å². The normalized spacial score (nSPS) is 12.9. The summed E-state index contributed by atoms with van der Waals surface area (Å²) in [4.78, 5) is 34.1. The standard InChI is InChI=1S/C13H17N3O4S/c1-20-10-4-2-8(3-5-10)12(19)15-13(21)9(7-17)6-11(18)16-14/h2-5,7,9,13,21H,6,14H2,1H3,(H,15,19)(H,16,18). The highest BCUT2D eigenvalue weighted by Gasteiger charge is 2.22. The van der Waals surface area contributed by atoms with Crippen LogP contribution < -0.4 is 21.3 Å². The van der Waals surface area contributed by atoms with E-state index in [0.717, 1.165) is 0 Å². The molecule has 1 aromatic rings. The number of methoxy groups -OCH3 is 1. The zero-order valence-electron chi connectivity index (χ0n) is 11.4. The monoisotopic (exact) mass is 311 g/mol. The molecule has 2 unspecified atom stereocenters. The van der Waals surface area contributed by atoms with Crippen LogP contribution in [0.5, 0.6) is 5.75 Å². The van der Waals surface area contributed by atoms with Crippen molar-refractivity contribution in [3.63, 3.8) is 0 Å². The first-order chi connectivity index (χ1) is 10.0. The molecule has 1 aromatic carbocycles. The predicted molar refractivity (Wildman–Crippen MR) is 79.7 cm³/mol. The first-order valence-corrected chi connectivity index (χ1v) is 6.61. The van der Waals surface area contributed by atoms with Gasteiger partial charge in [-0.05, 0) is 24.3 Å². The lowest BCUT2D eigenvalue weighted by atomic mass is 10.1. The van der Waals surface area contributed by atoms with Crippen molar-refractivity contribution in [2.45, 2.75) is 11.8 Å². The molecule has 21 heavy (non-hydrogen) atoms. The average molecular weight is 311 g/mol. The van der Waals surface area contributed by atoms with E-state index in [1.807, 2.05) is 5.43 Å². The van der Waals surface area contributed by atoms with Crippen molar-refractivity contribution in [3.05, 3.63) is 29.8 Å². The molecule has 0 aliphatic rings. The smallest absolute Gasteiger partial charge is 0.252 e. The summed E-state index contributed by atoms with van der Waals surface area (Å²) in [5.41, 5.74) is 2.32. The Balaban J connectivity index is 2.66. The topological polar surface area (TPSA) is 111 Å². The van der Waals surface area contributed by atoms with Crippen molar-refractivity contribution >= 4 is 30.7 Å². The van der Waals surface area contributed by atoms with Crippen molar-refractivity contribution in [1.82, 2.24) is 10.7 Å². The number of amides is 2. The van der Waals surface area contributed by atoms with Crippen molar-refractivity contribution in [1.29, 1.82) is 0 Å². The molecule has 0 radical (unpaired) electrons. The molecule has 0 fully saturated rings. The fourth-order valence-corrected chi connectivity index (χ4v) is 1.87. The lowest BCUT2D eigenvalue weighted by molar-refractivity contribution is -0.124.